The fraction of sp³-hybridized carbons (Fsp3) is 0.500. The minimum absolute atomic E-state index is 0.00507. The molecule has 3 rings (SSSR count). The van der Waals surface area contributed by atoms with Crippen LogP contribution in [0.4, 0.5) is 22.0 Å². The van der Waals surface area contributed by atoms with Crippen LogP contribution in [-0.2, 0) is 4.74 Å². The van der Waals surface area contributed by atoms with Crippen LogP contribution in [0.25, 0.3) is 11.3 Å². The molecule has 1 aromatic heterocycles. The van der Waals surface area contributed by atoms with E-state index in [1.807, 2.05) is 6.92 Å². The molecule has 0 N–H and O–H groups in total. The molecule has 0 saturated heterocycles. The highest BCUT2D eigenvalue weighted by Gasteiger charge is 2.42. The molecule has 1 unspecified atom stereocenters. The van der Waals surface area contributed by atoms with Crippen LogP contribution in [0, 0.1) is 11.6 Å². The van der Waals surface area contributed by atoms with Gasteiger partial charge in [0.15, 0.2) is 17.7 Å². The van der Waals surface area contributed by atoms with Crippen LogP contribution in [0.3, 0.4) is 0 Å². The molecule has 0 aliphatic carbocycles. The summed E-state index contributed by atoms with van der Waals surface area (Å²) in [7, 11) is 0. The normalized spacial score (nSPS) is 12.1. The summed E-state index contributed by atoms with van der Waals surface area (Å²) in [5, 5.41) is 0. The lowest BCUT2D eigenvalue weighted by Gasteiger charge is -2.21. The van der Waals surface area contributed by atoms with Crippen molar-refractivity contribution in [1.29, 1.82) is 0 Å². The van der Waals surface area contributed by atoms with Gasteiger partial charge in [0, 0.05) is 17.8 Å². The van der Waals surface area contributed by atoms with Crippen molar-refractivity contribution in [1.82, 2.24) is 4.98 Å². The number of alkyl halides is 3. The van der Waals surface area contributed by atoms with E-state index in [0.717, 1.165) is 57.1 Å². The van der Waals surface area contributed by atoms with Crippen molar-refractivity contribution in [2.45, 2.75) is 116 Å². The standard InChI is InChI=1S/C38H46F5NO5/c1-3-5-7-9-11-13-15-23-47-34-22-18-27(24-32(34)40)33-21-17-28(26-44-33)36(45)48-29-19-20-30(31(39)25-29)37(46)49-35(38(41,42)43)16-14-12-10-8-6-4-2/h17-22,24-26,35H,3-16,23H2,1-2H3. The SMILES string of the molecule is CCCCCCCCCOc1ccc(-c2ccc(C(=O)Oc3ccc(C(=O)OC(CCCCCCCC)C(F)(F)F)c(F)c3)cn2)cc1F. The number of pyridine rings is 1. The largest absolute Gasteiger partial charge is 0.491 e. The monoisotopic (exact) mass is 691 g/mol. The first-order valence-electron chi connectivity index (χ1n) is 17.2. The Morgan fingerprint density at radius 3 is 1.98 bits per heavy atom. The molecule has 1 heterocycles. The van der Waals surface area contributed by atoms with Crippen LogP contribution < -0.4 is 9.47 Å². The van der Waals surface area contributed by atoms with E-state index in [4.69, 9.17) is 9.47 Å². The molecule has 0 saturated carbocycles. The Balaban J connectivity index is 1.52. The highest BCUT2D eigenvalue weighted by Crippen LogP contribution is 2.29. The average Bonchev–Trinajstić information content (AvgIpc) is 3.07. The van der Waals surface area contributed by atoms with Crippen LogP contribution >= 0.6 is 0 Å². The minimum atomic E-state index is -4.80. The van der Waals surface area contributed by atoms with Gasteiger partial charge in [-0.2, -0.15) is 13.2 Å². The van der Waals surface area contributed by atoms with Crippen molar-refractivity contribution >= 4 is 11.9 Å². The number of carbonyl (C=O) groups excluding carboxylic acids is 2. The van der Waals surface area contributed by atoms with Gasteiger partial charge in [0.05, 0.1) is 23.4 Å². The molecule has 0 bridgehead atoms. The number of benzene rings is 2. The number of nitrogens with zero attached hydrogens (tertiary/aromatic N) is 1. The van der Waals surface area contributed by atoms with Crippen LogP contribution in [0.5, 0.6) is 11.5 Å². The third-order valence-corrected chi connectivity index (χ3v) is 8.04. The van der Waals surface area contributed by atoms with Crippen LogP contribution in [-0.4, -0.2) is 35.8 Å². The van der Waals surface area contributed by atoms with E-state index in [9.17, 15) is 31.5 Å². The maximum absolute atomic E-state index is 14.8. The fourth-order valence-electron chi connectivity index (χ4n) is 5.19. The summed E-state index contributed by atoms with van der Waals surface area (Å²) in [4.78, 5) is 29.3. The van der Waals surface area contributed by atoms with E-state index in [0.29, 0.717) is 30.4 Å². The predicted octanol–water partition coefficient (Wildman–Crippen LogP) is 11.2. The van der Waals surface area contributed by atoms with E-state index in [1.54, 1.807) is 6.07 Å². The zero-order valence-corrected chi connectivity index (χ0v) is 28.3. The number of ether oxygens (including phenoxy) is 3. The molecule has 49 heavy (non-hydrogen) atoms. The van der Waals surface area contributed by atoms with Crippen LogP contribution in [0.1, 0.15) is 124 Å². The third-order valence-electron chi connectivity index (χ3n) is 8.04. The smallest absolute Gasteiger partial charge is 0.425 e. The molecule has 2 aromatic carbocycles. The highest BCUT2D eigenvalue weighted by atomic mass is 19.4. The first kappa shape index (κ1) is 39.4. The van der Waals surface area contributed by atoms with Crippen molar-refractivity contribution < 1.29 is 45.8 Å². The van der Waals surface area contributed by atoms with Crippen molar-refractivity contribution in [3.05, 3.63) is 77.5 Å². The van der Waals surface area contributed by atoms with Gasteiger partial charge in [-0.25, -0.2) is 18.4 Å². The number of hydrogen-bond donors (Lipinski definition) is 0. The van der Waals surface area contributed by atoms with Gasteiger partial charge in [-0.1, -0.05) is 84.5 Å². The molecule has 0 radical (unpaired) electrons. The number of aromatic nitrogens is 1. The number of halogens is 5. The second kappa shape index (κ2) is 20.5. The summed E-state index contributed by atoms with van der Waals surface area (Å²) in [6.45, 7) is 4.63. The maximum atomic E-state index is 14.8. The molecular weight excluding hydrogens is 645 g/mol. The van der Waals surface area contributed by atoms with E-state index < -0.39 is 47.8 Å². The zero-order chi connectivity index (χ0) is 35.6. The summed E-state index contributed by atoms with van der Waals surface area (Å²) in [6.07, 6.45) is 6.00. The fourth-order valence-corrected chi connectivity index (χ4v) is 5.19. The quantitative estimate of drug-likeness (QED) is 0.0479. The number of hydrogen-bond acceptors (Lipinski definition) is 6. The molecule has 3 aromatic rings. The van der Waals surface area contributed by atoms with E-state index >= 15 is 0 Å². The lowest BCUT2D eigenvalue weighted by Crippen LogP contribution is -2.34. The second-order valence-corrected chi connectivity index (χ2v) is 12.1. The van der Waals surface area contributed by atoms with E-state index in [-0.39, 0.29) is 23.5 Å². The molecular formula is C38H46F5NO5. The second-order valence-electron chi connectivity index (χ2n) is 12.1. The van der Waals surface area contributed by atoms with Crippen LogP contribution in [0.15, 0.2) is 54.7 Å². The van der Waals surface area contributed by atoms with Crippen molar-refractivity contribution in [2.75, 3.05) is 6.61 Å². The Kier molecular flexibility index (Phi) is 16.5. The van der Waals surface area contributed by atoms with E-state index in [2.05, 4.69) is 16.6 Å². The molecule has 0 aliphatic rings. The lowest BCUT2D eigenvalue weighted by atomic mass is 10.1. The number of rotatable bonds is 21. The van der Waals surface area contributed by atoms with Gasteiger partial charge >= 0.3 is 18.1 Å². The first-order valence-corrected chi connectivity index (χ1v) is 17.2. The minimum Gasteiger partial charge on any atom is -0.491 e. The average molecular weight is 692 g/mol. The maximum Gasteiger partial charge on any atom is 0.425 e. The van der Waals surface area contributed by atoms with Gasteiger partial charge in [0.1, 0.15) is 11.6 Å². The molecule has 0 aliphatic heterocycles. The van der Waals surface area contributed by atoms with Gasteiger partial charge in [0.25, 0.3) is 0 Å². The Labute approximate surface area is 285 Å². The Bertz CT molecular complexity index is 1460. The van der Waals surface area contributed by atoms with Gasteiger partial charge in [0.2, 0.25) is 0 Å². The first-order chi connectivity index (χ1) is 23.5. The van der Waals surface area contributed by atoms with Crippen molar-refractivity contribution in [2.24, 2.45) is 0 Å². The molecule has 268 valence electrons. The summed E-state index contributed by atoms with van der Waals surface area (Å²) in [5.41, 5.74) is 0.136. The van der Waals surface area contributed by atoms with Gasteiger partial charge in [-0.3, -0.25) is 4.98 Å². The zero-order valence-electron chi connectivity index (χ0n) is 28.3. The molecule has 0 spiro atoms. The summed E-state index contributed by atoms with van der Waals surface area (Å²) in [5.74, 6) is -4.24. The molecule has 1 atom stereocenters. The summed E-state index contributed by atoms with van der Waals surface area (Å²) >= 11 is 0. The number of esters is 2. The van der Waals surface area contributed by atoms with Crippen LogP contribution in [0.2, 0.25) is 0 Å². The highest BCUT2D eigenvalue weighted by molar-refractivity contribution is 5.92. The van der Waals surface area contributed by atoms with Crippen molar-refractivity contribution in [3.8, 4) is 22.8 Å². The Morgan fingerprint density at radius 2 is 1.39 bits per heavy atom. The molecule has 0 amide bonds. The molecule has 11 heteroatoms. The van der Waals surface area contributed by atoms with Crippen molar-refractivity contribution in [3.63, 3.8) is 0 Å². The Morgan fingerprint density at radius 1 is 0.735 bits per heavy atom. The van der Waals surface area contributed by atoms with Gasteiger partial charge in [-0.15, -0.1) is 0 Å². The lowest BCUT2D eigenvalue weighted by molar-refractivity contribution is -0.206. The molecule has 6 nitrogen and oxygen atoms in total. The predicted molar refractivity (Wildman–Crippen MR) is 178 cm³/mol. The molecule has 0 fully saturated rings. The topological polar surface area (TPSA) is 74.7 Å². The van der Waals surface area contributed by atoms with E-state index in [1.165, 1.54) is 56.1 Å². The number of carbonyl (C=O) groups is 2. The Hall–Kier alpha value is -4.02. The van der Waals surface area contributed by atoms with Gasteiger partial charge in [-0.05, 0) is 61.7 Å². The summed E-state index contributed by atoms with van der Waals surface area (Å²) < 4.78 is 85.3. The number of unbranched alkanes of at least 4 members (excludes halogenated alkanes) is 11. The summed E-state index contributed by atoms with van der Waals surface area (Å²) in [6, 6.07) is 10.1. The van der Waals surface area contributed by atoms with Gasteiger partial charge < -0.3 is 14.2 Å². The third kappa shape index (κ3) is 13.4.